The minimum absolute atomic E-state index is 0.332. The van der Waals surface area contributed by atoms with Gasteiger partial charge in [0.1, 0.15) is 0 Å². The average Bonchev–Trinajstić information content (AvgIpc) is 2.44. The van der Waals surface area contributed by atoms with Crippen LogP contribution in [0.1, 0.15) is 50.0 Å². The third-order valence-corrected chi connectivity index (χ3v) is 5.42. The van der Waals surface area contributed by atoms with Crippen LogP contribution in [0.2, 0.25) is 5.02 Å². The highest BCUT2D eigenvalue weighted by Crippen LogP contribution is 2.40. The zero-order valence-electron chi connectivity index (χ0n) is 11.9. The Balaban J connectivity index is 1.52. The number of aliphatic hydroxyl groups excluding tert-OH is 1. The van der Waals surface area contributed by atoms with Crippen molar-refractivity contribution in [2.75, 3.05) is 6.61 Å². The van der Waals surface area contributed by atoms with E-state index in [1.54, 1.807) is 0 Å². The van der Waals surface area contributed by atoms with Gasteiger partial charge in [0.05, 0.1) is 0 Å². The Labute approximate surface area is 126 Å². The zero-order valence-corrected chi connectivity index (χ0v) is 12.6. The van der Waals surface area contributed by atoms with E-state index >= 15 is 0 Å². The molecule has 2 nitrogen and oxygen atoms in total. The summed E-state index contributed by atoms with van der Waals surface area (Å²) in [7, 11) is 0. The number of nitrogens with one attached hydrogen (secondary N) is 1. The highest BCUT2D eigenvalue weighted by molar-refractivity contribution is 6.31. The van der Waals surface area contributed by atoms with Gasteiger partial charge in [0.2, 0.25) is 0 Å². The molecular weight excluding hydrogens is 270 g/mol. The summed E-state index contributed by atoms with van der Waals surface area (Å²) in [5, 5.41) is 14.2. The first-order chi connectivity index (χ1) is 9.78. The molecule has 0 aliphatic heterocycles. The van der Waals surface area contributed by atoms with Gasteiger partial charge in [-0.2, -0.15) is 0 Å². The predicted molar refractivity (Wildman–Crippen MR) is 83.2 cm³/mol. The Bertz CT molecular complexity index is 444. The number of rotatable bonds is 4. The molecule has 2 unspecified atom stereocenters. The topological polar surface area (TPSA) is 32.3 Å². The number of benzene rings is 1. The lowest BCUT2D eigenvalue weighted by Gasteiger charge is -2.42. The van der Waals surface area contributed by atoms with Gasteiger partial charge in [-0.05, 0) is 49.1 Å². The maximum absolute atomic E-state index is 9.47. The van der Waals surface area contributed by atoms with Crippen molar-refractivity contribution in [3.63, 3.8) is 0 Å². The van der Waals surface area contributed by atoms with Crippen LogP contribution in [0.3, 0.4) is 0 Å². The molecule has 20 heavy (non-hydrogen) atoms. The van der Waals surface area contributed by atoms with Gasteiger partial charge in [0.25, 0.3) is 0 Å². The van der Waals surface area contributed by atoms with Crippen molar-refractivity contribution >= 4 is 11.6 Å². The predicted octanol–water partition coefficient (Wildman–Crippen LogP) is 3.73. The monoisotopic (exact) mass is 293 g/mol. The van der Waals surface area contributed by atoms with Gasteiger partial charge in [-0.25, -0.2) is 0 Å². The Morgan fingerprint density at radius 2 is 1.90 bits per heavy atom. The molecule has 2 aliphatic carbocycles. The van der Waals surface area contributed by atoms with E-state index in [1.807, 2.05) is 12.1 Å². The summed E-state index contributed by atoms with van der Waals surface area (Å²) in [6.45, 7) is 0.332. The second kappa shape index (κ2) is 6.46. The molecule has 1 aromatic carbocycles. The van der Waals surface area contributed by atoms with Crippen LogP contribution < -0.4 is 5.32 Å². The average molecular weight is 294 g/mol. The van der Waals surface area contributed by atoms with Crippen molar-refractivity contribution in [1.82, 2.24) is 5.32 Å². The van der Waals surface area contributed by atoms with Crippen molar-refractivity contribution in [2.45, 2.75) is 56.5 Å². The van der Waals surface area contributed by atoms with Crippen LogP contribution in [0, 0.1) is 5.92 Å². The summed E-state index contributed by atoms with van der Waals surface area (Å²) < 4.78 is 0. The molecule has 0 bridgehead atoms. The maximum atomic E-state index is 9.47. The van der Waals surface area contributed by atoms with E-state index in [9.17, 15) is 5.11 Å². The number of halogens is 1. The minimum Gasteiger partial charge on any atom is -0.396 e. The molecule has 2 saturated carbocycles. The summed E-state index contributed by atoms with van der Waals surface area (Å²) >= 11 is 6.26. The lowest BCUT2D eigenvalue weighted by Crippen LogP contribution is -2.50. The quantitative estimate of drug-likeness (QED) is 0.886. The highest BCUT2D eigenvalue weighted by atomic mass is 35.5. The molecule has 110 valence electrons. The smallest absolute Gasteiger partial charge is 0.0474 e. The van der Waals surface area contributed by atoms with E-state index in [4.69, 9.17) is 11.6 Å². The molecule has 3 rings (SSSR count). The Hall–Kier alpha value is -0.570. The first-order valence-electron chi connectivity index (χ1n) is 7.89. The Morgan fingerprint density at radius 3 is 2.65 bits per heavy atom. The first kappa shape index (κ1) is 14.4. The fourth-order valence-electron chi connectivity index (χ4n) is 3.76. The lowest BCUT2D eigenvalue weighted by molar-refractivity contribution is 0.130. The third-order valence-electron chi connectivity index (χ3n) is 5.08. The van der Waals surface area contributed by atoms with Gasteiger partial charge in [0, 0.05) is 23.7 Å². The highest BCUT2D eigenvalue weighted by Gasteiger charge is 2.34. The molecule has 0 spiro atoms. The SMILES string of the molecule is OCC1CCCCC1NC1CC(c2ccccc2Cl)C1. The summed E-state index contributed by atoms with van der Waals surface area (Å²) in [5.74, 6) is 1.07. The van der Waals surface area contributed by atoms with Crippen LogP contribution in [0.5, 0.6) is 0 Å². The Morgan fingerprint density at radius 1 is 1.15 bits per heavy atom. The second-order valence-electron chi connectivity index (χ2n) is 6.39. The molecular formula is C17H24ClNO. The summed E-state index contributed by atoms with van der Waals surface area (Å²) in [6.07, 6.45) is 7.33. The van der Waals surface area contributed by atoms with Gasteiger partial charge in [-0.15, -0.1) is 0 Å². The largest absolute Gasteiger partial charge is 0.396 e. The van der Waals surface area contributed by atoms with Crippen LogP contribution in [-0.4, -0.2) is 23.8 Å². The molecule has 0 saturated heterocycles. The van der Waals surface area contributed by atoms with Gasteiger partial charge in [0.15, 0.2) is 0 Å². The molecule has 2 N–H and O–H groups in total. The molecule has 0 aromatic heterocycles. The van der Waals surface area contributed by atoms with Crippen LogP contribution in [0.15, 0.2) is 24.3 Å². The maximum Gasteiger partial charge on any atom is 0.0474 e. The number of aliphatic hydroxyl groups is 1. The molecule has 2 atom stereocenters. The summed E-state index contributed by atoms with van der Waals surface area (Å²) in [4.78, 5) is 0. The van der Waals surface area contributed by atoms with Gasteiger partial charge in [-0.1, -0.05) is 42.6 Å². The normalized spacial score (nSPS) is 33.7. The van der Waals surface area contributed by atoms with E-state index in [0.29, 0.717) is 30.5 Å². The standard InChI is InChI=1S/C17H24ClNO/c18-16-7-3-2-6-15(16)13-9-14(10-13)19-17-8-4-1-5-12(17)11-20/h2-3,6-7,12-14,17,19-20H,1,4-5,8-11H2. The van der Waals surface area contributed by atoms with E-state index in [-0.39, 0.29) is 0 Å². The van der Waals surface area contributed by atoms with Crippen LogP contribution >= 0.6 is 11.6 Å². The zero-order chi connectivity index (χ0) is 13.9. The second-order valence-corrected chi connectivity index (χ2v) is 6.79. The Kier molecular flexibility index (Phi) is 4.65. The molecule has 1 aromatic rings. The summed E-state index contributed by atoms with van der Waals surface area (Å²) in [6, 6.07) is 9.33. The number of hydrogen-bond acceptors (Lipinski definition) is 2. The minimum atomic E-state index is 0.332. The molecule has 0 amide bonds. The van der Waals surface area contributed by atoms with Crippen molar-refractivity contribution in [3.8, 4) is 0 Å². The molecule has 3 heteroatoms. The third kappa shape index (κ3) is 3.03. The number of hydrogen-bond donors (Lipinski definition) is 2. The van der Waals surface area contributed by atoms with Gasteiger partial charge >= 0.3 is 0 Å². The fraction of sp³-hybridized carbons (Fsp3) is 0.647. The van der Waals surface area contributed by atoms with E-state index in [2.05, 4.69) is 17.4 Å². The first-order valence-corrected chi connectivity index (χ1v) is 8.27. The fourth-order valence-corrected chi connectivity index (χ4v) is 4.05. The molecule has 2 fully saturated rings. The van der Waals surface area contributed by atoms with Gasteiger partial charge in [-0.3, -0.25) is 0 Å². The molecule has 0 heterocycles. The van der Waals surface area contributed by atoms with Crippen molar-refractivity contribution in [1.29, 1.82) is 0 Å². The molecule has 0 radical (unpaired) electrons. The van der Waals surface area contributed by atoms with Gasteiger partial charge < -0.3 is 10.4 Å². The van der Waals surface area contributed by atoms with Crippen molar-refractivity contribution < 1.29 is 5.11 Å². The van der Waals surface area contributed by atoms with Crippen LogP contribution in [0.25, 0.3) is 0 Å². The van der Waals surface area contributed by atoms with E-state index in [1.165, 1.54) is 44.1 Å². The van der Waals surface area contributed by atoms with E-state index in [0.717, 1.165) is 5.02 Å². The van der Waals surface area contributed by atoms with E-state index < -0.39 is 0 Å². The molecule has 2 aliphatic rings. The summed E-state index contributed by atoms with van der Waals surface area (Å²) in [5.41, 5.74) is 1.30. The van der Waals surface area contributed by atoms with Crippen molar-refractivity contribution in [2.24, 2.45) is 5.92 Å². The van der Waals surface area contributed by atoms with Crippen molar-refractivity contribution in [3.05, 3.63) is 34.9 Å². The lowest BCUT2D eigenvalue weighted by atomic mass is 9.74. The van der Waals surface area contributed by atoms with Crippen LogP contribution in [-0.2, 0) is 0 Å². The van der Waals surface area contributed by atoms with Crippen LogP contribution in [0.4, 0.5) is 0 Å².